The monoisotopic (exact) mass is 295 g/mol. The minimum atomic E-state index is 0.0824. The molecule has 2 nitrogen and oxygen atoms in total. The van der Waals surface area contributed by atoms with Crippen molar-refractivity contribution in [2.75, 3.05) is 13.2 Å². The molecule has 1 aromatic rings. The summed E-state index contributed by atoms with van der Waals surface area (Å²) in [6.45, 7) is 6.21. The number of nitrogens with one attached hydrogen (secondary N) is 1. The van der Waals surface area contributed by atoms with Crippen LogP contribution < -0.4 is 5.32 Å². The predicted octanol–water partition coefficient (Wildman–Crippen LogP) is 4.40. The zero-order chi connectivity index (χ0) is 14.3. The summed E-state index contributed by atoms with van der Waals surface area (Å²) >= 11 is 1.80. The van der Waals surface area contributed by atoms with Gasteiger partial charge in [-0.1, -0.05) is 26.2 Å². The molecule has 1 aliphatic rings. The fourth-order valence-electron chi connectivity index (χ4n) is 3.57. The number of rotatable bonds is 8. The number of thiophene rings is 1. The Morgan fingerprint density at radius 3 is 2.70 bits per heavy atom. The zero-order valence-corrected chi connectivity index (χ0v) is 13.8. The molecule has 0 aromatic carbocycles. The lowest BCUT2D eigenvalue weighted by Crippen LogP contribution is -2.54. The van der Waals surface area contributed by atoms with Gasteiger partial charge in [-0.3, -0.25) is 0 Å². The van der Waals surface area contributed by atoms with Crippen molar-refractivity contribution >= 4 is 11.3 Å². The molecule has 1 aliphatic carbocycles. The molecular weight excluding hydrogens is 266 g/mol. The van der Waals surface area contributed by atoms with Crippen LogP contribution in [0.25, 0.3) is 0 Å². The van der Waals surface area contributed by atoms with E-state index in [2.05, 4.69) is 36.0 Å². The third-order valence-electron chi connectivity index (χ3n) is 4.52. The van der Waals surface area contributed by atoms with Gasteiger partial charge in [0.1, 0.15) is 0 Å². The second-order valence-corrected chi connectivity index (χ2v) is 6.62. The molecule has 1 aromatic heterocycles. The van der Waals surface area contributed by atoms with E-state index in [1.54, 1.807) is 11.3 Å². The van der Waals surface area contributed by atoms with E-state index in [1.807, 2.05) is 0 Å². The van der Waals surface area contributed by atoms with Crippen molar-refractivity contribution in [3.05, 3.63) is 22.4 Å². The summed E-state index contributed by atoms with van der Waals surface area (Å²) in [5, 5.41) is 8.17. The molecule has 3 heteroatoms. The van der Waals surface area contributed by atoms with E-state index in [1.165, 1.54) is 44.1 Å². The molecule has 1 fully saturated rings. The standard InChI is InChI=1S/C17H29NOS/c1-3-18-16(9-8-15-10-13-20-14-15)17(19-4-2)11-6-5-7-12-17/h10,13-14,16,18H,3-9,11-12H2,1-2H3. The number of aryl methyl sites for hydroxylation is 1. The molecule has 2 rings (SSSR count). The van der Waals surface area contributed by atoms with Gasteiger partial charge in [0.15, 0.2) is 0 Å². The van der Waals surface area contributed by atoms with Gasteiger partial charge in [0.2, 0.25) is 0 Å². The molecule has 1 N–H and O–H groups in total. The Labute approximate surface area is 127 Å². The third kappa shape index (κ3) is 4.06. The Kier molecular flexibility index (Phi) is 6.53. The molecule has 0 spiro atoms. The van der Waals surface area contributed by atoms with Gasteiger partial charge in [0, 0.05) is 12.6 Å². The van der Waals surface area contributed by atoms with Gasteiger partial charge < -0.3 is 10.1 Å². The summed E-state index contributed by atoms with van der Waals surface area (Å²) < 4.78 is 6.30. The molecule has 1 atom stereocenters. The lowest BCUT2D eigenvalue weighted by Gasteiger charge is -2.44. The van der Waals surface area contributed by atoms with Crippen LogP contribution in [-0.4, -0.2) is 24.8 Å². The minimum Gasteiger partial charge on any atom is -0.374 e. The highest BCUT2D eigenvalue weighted by Gasteiger charge is 2.39. The quantitative estimate of drug-likeness (QED) is 0.767. The maximum atomic E-state index is 6.30. The third-order valence-corrected chi connectivity index (χ3v) is 5.25. The molecule has 1 heterocycles. The first-order valence-electron chi connectivity index (χ1n) is 8.19. The Bertz CT molecular complexity index is 352. The van der Waals surface area contributed by atoms with E-state index in [0.717, 1.165) is 19.6 Å². The van der Waals surface area contributed by atoms with Gasteiger partial charge in [-0.15, -0.1) is 0 Å². The lowest BCUT2D eigenvalue weighted by molar-refractivity contribution is -0.0911. The molecule has 0 saturated heterocycles. The second-order valence-electron chi connectivity index (χ2n) is 5.84. The van der Waals surface area contributed by atoms with E-state index in [9.17, 15) is 0 Å². The van der Waals surface area contributed by atoms with E-state index in [-0.39, 0.29) is 5.60 Å². The van der Waals surface area contributed by atoms with Crippen molar-refractivity contribution in [3.8, 4) is 0 Å². The zero-order valence-electron chi connectivity index (χ0n) is 13.0. The Balaban J connectivity index is 2.02. The van der Waals surface area contributed by atoms with Crippen molar-refractivity contribution in [2.45, 2.75) is 70.4 Å². The first-order chi connectivity index (χ1) is 9.80. The van der Waals surface area contributed by atoms with Crippen molar-refractivity contribution in [3.63, 3.8) is 0 Å². The summed E-state index contributed by atoms with van der Waals surface area (Å²) in [5.74, 6) is 0. The van der Waals surface area contributed by atoms with Crippen molar-refractivity contribution in [1.82, 2.24) is 5.32 Å². The lowest BCUT2D eigenvalue weighted by atomic mass is 9.77. The molecule has 20 heavy (non-hydrogen) atoms. The number of hydrogen-bond acceptors (Lipinski definition) is 3. The second kappa shape index (κ2) is 8.16. The van der Waals surface area contributed by atoms with Crippen LogP contribution in [0.1, 0.15) is 57.9 Å². The van der Waals surface area contributed by atoms with Crippen LogP contribution in [0.2, 0.25) is 0 Å². The highest BCUT2D eigenvalue weighted by atomic mass is 32.1. The Morgan fingerprint density at radius 2 is 2.10 bits per heavy atom. The molecule has 0 bridgehead atoms. The SMILES string of the molecule is CCNC(CCc1ccsc1)C1(OCC)CCCCC1. The van der Waals surface area contributed by atoms with Crippen LogP contribution >= 0.6 is 11.3 Å². The molecule has 0 amide bonds. The van der Waals surface area contributed by atoms with Crippen molar-refractivity contribution in [2.24, 2.45) is 0 Å². The molecular formula is C17H29NOS. The summed E-state index contributed by atoms with van der Waals surface area (Å²) in [7, 11) is 0. The van der Waals surface area contributed by atoms with Gasteiger partial charge in [0.25, 0.3) is 0 Å². The first-order valence-corrected chi connectivity index (χ1v) is 9.13. The van der Waals surface area contributed by atoms with E-state index < -0.39 is 0 Å². The molecule has 114 valence electrons. The highest BCUT2D eigenvalue weighted by Crippen LogP contribution is 2.36. The fourth-order valence-corrected chi connectivity index (χ4v) is 4.28. The fraction of sp³-hybridized carbons (Fsp3) is 0.765. The van der Waals surface area contributed by atoms with Crippen molar-refractivity contribution < 1.29 is 4.74 Å². The number of ether oxygens (including phenoxy) is 1. The van der Waals surface area contributed by atoms with E-state index in [0.29, 0.717) is 6.04 Å². The largest absolute Gasteiger partial charge is 0.374 e. The molecule has 0 radical (unpaired) electrons. The van der Waals surface area contributed by atoms with Gasteiger partial charge >= 0.3 is 0 Å². The maximum absolute atomic E-state index is 6.30. The topological polar surface area (TPSA) is 21.3 Å². The average Bonchev–Trinajstić information content (AvgIpc) is 2.98. The first kappa shape index (κ1) is 16.0. The Hall–Kier alpha value is -0.380. The summed E-state index contributed by atoms with van der Waals surface area (Å²) in [6, 6.07) is 2.75. The number of hydrogen-bond donors (Lipinski definition) is 1. The molecule has 1 unspecified atom stereocenters. The Morgan fingerprint density at radius 1 is 1.30 bits per heavy atom. The smallest absolute Gasteiger partial charge is 0.0834 e. The van der Waals surface area contributed by atoms with E-state index in [4.69, 9.17) is 4.74 Å². The van der Waals surface area contributed by atoms with Gasteiger partial charge in [-0.25, -0.2) is 0 Å². The summed E-state index contributed by atoms with van der Waals surface area (Å²) in [6.07, 6.45) is 8.81. The van der Waals surface area contributed by atoms with Crippen LogP contribution in [0.4, 0.5) is 0 Å². The normalized spacial score (nSPS) is 19.9. The van der Waals surface area contributed by atoms with Gasteiger partial charge in [0.05, 0.1) is 5.60 Å². The number of likely N-dealkylation sites (N-methyl/N-ethyl adjacent to an activating group) is 1. The molecule has 0 aliphatic heterocycles. The predicted molar refractivity (Wildman–Crippen MR) is 87.5 cm³/mol. The van der Waals surface area contributed by atoms with Crippen LogP contribution in [0.15, 0.2) is 16.8 Å². The maximum Gasteiger partial charge on any atom is 0.0834 e. The van der Waals surface area contributed by atoms with Gasteiger partial charge in [-0.2, -0.15) is 11.3 Å². The minimum absolute atomic E-state index is 0.0824. The van der Waals surface area contributed by atoms with Crippen LogP contribution in [0, 0.1) is 0 Å². The molecule has 1 saturated carbocycles. The summed E-state index contributed by atoms with van der Waals surface area (Å²) in [4.78, 5) is 0. The van der Waals surface area contributed by atoms with Crippen LogP contribution in [0.3, 0.4) is 0 Å². The summed E-state index contributed by atoms with van der Waals surface area (Å²) in [5.41, 5.74) is 1.55. The van der Waals surface area contributed by atoms with Crippen LogP contribution in [0.5, 0.6) is 0 Å². The van der Waals surface area contributed by atoms with Crippen molar-refractivity contribution in [1.29, 1.82) is 0 Å². The van der Waals surface area contributed by atoms with E-state index >= 15 is 0 Å². The van der Waals surface area contributed by atoms with Crippen LogP contribution in [-0.2, 0) is 11.2 Å². The highest BCUT2D eigenvalue weighted by molar-refractivity contribution is 7.07. The average molecular weight is 295 g/mol. The van der Waals surface area contributed by atoms with Gasteiger partial charge in [-0.05, 0) is 61.5 Å².